The van der Waals surface area contributed by atoms with E-state index in [0.717, 1.165) is 24.4 Å². The lowest BCUT2D eigenvalue weighted by molar-refractivity contribution is -0.0278. The van der Waals surface area contributed by atoms with Gasteiger partial charge < -0.3 is 14.6 Å². The maximum absolute atomic E-state index is 11.5. The number of morpholine rings is 1. The summed E-state index contributed by atoms with van der Waals surface area (Å²) in [7, 11) is 0. The molecule has 0 bridgehead atoms. The van der Waals surface area contributed by atoms with Crippen molar-refractivity contribution in [1.29, 1.82) is 0 Å². The molecule has 19 heavy (non-hydrogen) atoms. The first-order valence-corrected chi connectivity index (χ1v) is 6.28. The Balaban J connectivity index is 2.09. The van der Waals surface area contributed by atoms with E-state index in [-0.39, 0.29) is 11.2 Å². The lowest BCUT2D eigenvalue weighted by Crippen LogP contribution is -2.48. The molecule has 3 heterocycles. The Morgan fingerprint density at radius 3 is 3.00 bits per heavy atom. The lowest BCUT2D eigenvalue weighted by Gasteiger charge is -2.38. The Labute approximate surface area is 110 Å². The van der Waals surface area contributed by atoms with E-state index >= 15 is 0 Å². The van der Waals surface area contributed by atoms with Crippen LogP contribution in [0, 0.1) is 0 Å². The largest absolute Gasteiger partial charge is 0.372 e. The molecular weight excluding hydrogens is 244 g/mol. The number of nitrogens with one attached hydrogen (secondary N) is 1. The highest BCUT2D eigenvalue weighted by molar-refractivity contribution is 5.85. The van der Waals surface area contributed by atoms with Gasteiger partial charge in [0.05, 0.1) is 17.7 Å². The topological polar surface area (TPSA) is 71.1 Å². The summed E-state index contributed by atoms with van der Waals surface area (Å²) in [5.41, 5.74) is 1.07. The van der Waals surface area contributed by atoms with Crippen LogP contribution in [0.3, 0.4) is 0 Å². The molecule has 6 nitrogen and oxygen atoms in total. The van der Waals surface area contributed by atoms with Gasteiger partial charge in [0.2, 0.25) is 5.56 Å². The molecule has 0 saturated carbocycles. The predicted octanol–water partition coefficient (Wildman–Crippen LogP) is 0.933. The van der Waals surface area contributed by atoms with Crippen LogP contribution in [-0.2, 0) is 4.74 Å². The van der Waals surface area contributed by atoms with E-state index in [0.29, 0.717) is 12.1 Å². The number of hydrogen-bond donors (Lipinski definition) is 1. The highest BCUT2D eigenvalue weighted by Gasteiger charge is 2.28. The number of H-pyrrole nitrogens is 1. The molecule has 3 rings (SSSR count). The summed E-state index contributed by atoms with van der Waals surface area (Å²) in [6, 6.07) is 3.19. The number of pyridine rings is 1. The molecule has 0 amide bonds. The fourth-order valence-electron chi connectivity index (χ4n) is 2.39. The standard InChI is InChI=1S/C13H16N4O2/c1-13(2)7-17(5-6-19-13)12-11-9(14-8-15-12)3-4-10(18)16-11/h3-4,8H,5-7H2,1-2H3,(H,16,18). The van der Waals surface area contributed by atoms with Crippen LogP contribution in [0.2, 0.25) is 0 Å². The van der Waals surface area contributed by atoms with Crippen molar-refractivity contribution in [2.45, 2.75) is 19.4 Å². The van der Waals surface area contributed by atoms with Crippen LogP contribution in [-0.4, -0.2) is 40.2 Å². The van der Waals surface area contributed by atoms with Crippen molar-refractivity contribution in [3.05, 3.63) is 28.8 Å². The second-order valence-corrected chi connectivity index (χ2v) is 5.31. The SMILES string of the molecule is CC1(C)CN(c2ncnc3ccc(=O)[nH]c23)CCO1. The van der Waals surface area contributed by atoms with Gasteiger partial charge >= 0.3 is 0 Å². The van der Waals surface area contributed by atoms with Gasteiger partial charge in [-0.1, -0.05) is 0 Å². The smallest absolute Gasteiger partial charge is 0.248 e. The first-order chi connectivity index (χ1) is 9.05. The molecule has 1 aliphatic heterocycles. The average Bonchev–Trinajstić information content (AvgIpc) is 2.36. The predicted molar refractivity (Wildman–Crippen MR) is 72.4 cm³/mol. The van der Waals surface area contributed by atoms with E-state index in [2.05, 4.69) is 19.9 Å². The summed E-state index contributed by atoms with van der Waals surface area (Å²) < 4.78 is 5.70. The zero-order valence-electron chi connectivity index (χ0n) is 11.0. The summed E-state index contributed by atoms with van der Waals surface area (Å²) in [5, 5.41) is 0. The van der Waals surface area contributed by atoms with Crippen molar-refractivity contribution in [3.63, 3.8) is 0 Å². The van der Waals surface area contributed by atoms with E-state index in [1.54, 1.807) is 6.07 Å². The summed E-state index contributed by atoms with van der Waals surface area (Å²) in [6.45, 7) is 6.23. The Morgan fingerprint density at radius 2 is 2.21 bits per heavy atom. The number of fused-ring (bicyclic) bond motifs is 1. The minimum Gasteiger partial charge on any atom is -0.372 e. The lowest BCUT2D eigenvalue weighted by atomic mass is 10.1. The first kappa shape index (κ1) is 12.1. The van der Waals surface area contributed by atoms with Gasteiger partial charge in [0, 0.05) is 19.2 Å². The van der Waals surface area contributed by atoms with E-state index < -0.39 is 0 Å². The normalized spacial score (nSPS) is 18.7. The van der Waals surface area contributed by atoms with Crippen LogP contribution in [0.5, 0.6) is 0 Å². The average molecular weight is 260 g/mol. The van der Waals surface area contributed by atoms with Crippen molar-refractivity contribution in [2.75, 3.05) is 24.6 Å². The minimum atomic E-state index is -0.218. The highest BCUT2D eigenvalue weighted by atomic mass is 16.5. The van der Waals surface area contributed by atoms with E-state index in [1.807, 2.05) is 13.8 Å². The Bertz CT molecular complexity index is 665. The van der Waals surface area contributed by atoms with Gasteiger partial charge in [-0.3, -0.25) is 4.79 Å². The van der Waals surface area contributed by atoms with Crippen LogP contribution in [0.25, 0.3) is 11.0 Å². The summed E-state index contributed by atoms with van der Waals surface area (Å²) >= 11 is 0. The molecular formula is C13H16N4O2. The van der Waals surface area contributed by atoms with Crippen molar-refractivity contribution >= 4 is 16.9 Å². The molecule has 2 aromatic rings. The number of aromatic amines is 1. The molecule has 2 aromatic heterocycles. The van der Waals surface area contributed by atoms with Crippen molar-refractivity contribution < 1.29 is 4.74 Å². The molecule has 0 spiro atoms. The molecule has 0 aromatic carbocycles. The Morgan fingerprint density at radius 1 is 1.37 bits per heavy atom. The number of hydrogen-bond acceptors (Lipinski definition) is 5. The molecule has 0 radical (unpaired) electrons. The molecule has 6 heteroatoms. The molecule has 100 valence electrons. The molecule has 1 fully saturated rings. The third kappa shape index (κ3) is 2.31. The van der Waals surface area contributed by atoms with Gasteiger partial charge in [-0.2, -0.15) is 0 Å². The van der Waals surface area contributed by atoms with Gasteiger partial charge in [0.15, 0.2) is 5.82 Å². The van der Waals surface area contributed by atoms with Crippen LogP contribution in [0.4, 0.5) is 5.82 Å². The number of ether oxygens (including phenoxy) is 1. The highest BCUT2D eigenvalue weighted by Crippen LogP contribution is 2.25. The van der Waals surface area contributed by atoms with Crippen molar-refractivity contribution in [1.82, 2.24) is 15.0 Å². The van der Waals surface area contributed by atoms with Crippen molar-refractivity contribution in [3.8, 4) is 0 Å². The van der Waals surface area contributed by atoms with Crippen LogP contribution in [0.15, 0.2) is 23.3 Å². The summed E-state index contributed by atoms with van der Waals surface area (Å²) in [4.78, 5) is 24.9. The Hall–Kier alpha value is -1.95. The van der Waals surface area contributed by atoms with Gasteiger partial charge in [0.1, 0.15) is 11.8 Å². The molecule has 0 atom stereocenters. The van der Waals surface area contributed by atoms with Gasteiger partial charge in [0.25, 0.3) is 0 Å². The third-order valence-electron chi connectivity index (χ3n) is 3.22. The van der Waals surface area contributed by atoms with Gasteiger partial charge in [-0.05, 0) is 19.9 Å². The second-order valence-electron chi connectivity index (χ2n) is 5.31. The molecule has 1 aliphatic rings. The van der Waals surface area contributed by atoms with E-state index in [1.165, 1.54) is 12.4 Å². The van der Waals surface area contributed by atoms with Gasteiger partial charge in [-0.15, -0.1) is 0 Å². The fraction of sp³-hybridized carbons (Fsp3) is 0.462. The number of anilines is 1. The quantitative estimate of drug-likeness (QED) is 0.826. The van der Waals surface area contributed by atoms with E-state index in [9.17, 15) is 4.79 Å². The second kappa shape index (κ2) is 4.31. The zero-order chi connectivity index (χ0) is 13.5. The van der Waals surface area contributed by atoms with Crippen LogP contribution < -0.4 is 10.5 Å². The number of rotatable bonds is 1. The maximum atomic E-state index is 11.5. The fourth-order valence-corrected chi connectivity index (χ4v) is 2.39. The molecule has 0 unspecified atom stereocenters. The van der Waals surface area contributed by atoms with Gasteiger partial charge in [-0.25, -0.2) is 9.97 Å². The Kier molecular flexibility index (Phi) is 2.74. The maximum Gasteiger partial charge on any atom is 0.248 e. The van der Waals surface area contributed by atoms with Crippen molar-refractivity contribution in [2.24, 2.45) is 0 Å². The third-order valence-corrected chi connectivity index (χ3v) is 3.22. The monoisotopic (exact) mass is 260 g/mol. The molecule has 1 N–H and O–H groups in total. The summed E-state index contributed by atoms with van der Waals surface area (Å²) in [5.74, 6) is 0.763. The number of nitrogens with zero attached hydrogens (tertiary/aromatic N) is 3. The first-order valence-electron chi connectivity index (χ1n) is 6.28. The number of aromatic nitrogens is 3. The summed E-state index contributed by atoms with van der Waals surface area (Å²) in [6.07, 6.45) is 1.53. The molecule has 0 aliphatic carbocycles. The van der Waals surface area contributed by atoms with Crippen LogP contribution >= 0.6 is 0 Å². The molecule has 1 saturated heterocycles. The van der Waals surface area contributed by atoms with Crippen LogP contribution in [0.1, 0.15) is 13.8 Å². The minimum absolute atomic E-state index is 0.143. The van der Waals surface area contributed by atoms with E-state index in [4.69, 9.17) is 4.74 Å². The zero-order valence-corrected chi connectivity index (χ0v) is 11.0.